The number of carbonyl (C=O) groups is 2. The van der Waals surface area contributed by atoms with Gasteiger partial charge in [0, 0.05) is 18.4 Å². The molecule has 0 aliphatic heterocycles. The number of methoxy groups -OCH3 is 5. The van der Waals surface area contributed by atoms with Gasteiger partial charge in [-0.15, -0.1) is 0 Å². The van der Waals surface area contributed by atoms with Crippen molar-refractivity contribution in [2.45, 2.75) is 12.8 Å². The van der Waals surface area contributed by atoms with Crippen LogP contribution in [0.1, 0.15) is 11.1 Å². The normalized spacial score (nSPS) is 13.9. The molecule has 166 valence electrons. The first-order valence-electron chi connectivity index (χ1n) is 9.28. The molecule has 9 heteroatoms. The highest BCUT2D eigenvalue weighted by Crippen LogP contribution is 2.52. The smallest absolute Gasteiger partial charge is 0.323 e. The van der Waals surface area contributed by atoms with Gasteiger partial charge in [0.25, 0.3) is 0 Å². The molecule has 2 aromatic carbocycles. The molecular formula is C22H23FO8. The summed E-state index contributed by atoms with van der Waals surface area (Å²) in [6, 6.07) is 3.90. The van der Waals surface area contributed by atoms with Crippen LogP contribution in [0.15, 0.2) is 18.2 Å². The fourth-order valence-electron chi connectivity index (χ4n) is 4.10. The van der Waals surface area contributed by atoms with Crippen LogP contribution in [-0.4, -0.2) is 52.6 Å². The van der Waals surface area contributed by atoms with Crippen LogP contribution in [0.4, 0.5) is 4.39 Å². The largest absolute Gasteiger partial charge is 0.505 e. The van der Waals surface area contributed by atoms with Crippen molar-refractivity contribution < 1.29 is 42.8 Å². The van der Waals surface area contributed by atoms with Gasteiger partial charge in [-0.3, -0.25) is 9.59 Å². The quantitative estimate of drug-likeness (QED) is 0.566. The van der Waals surface area contributed by atoms with Crippen molar-refractivity contribution in [3.63, 3.8) is 0 Å². The Labute approximate surface area is 178 Å². The van der Waals surface area contributed by atoms with Crippen molar-refractivity contribution in [2.24, 2.45) is 5.41 Å². The number of benzene rings is 2. The first kappa shape index (κ1) is 22.2. The van der Waals surface area contributed by atoms with Gasteiger partial charge in [-0.2, -0.15) is 0 Å². The molecule has 0 saturated carbocycles. The number of hydrogen-bond donors (Lipinski definition) is 1. The highest BCUT2D eigenvalue weighted by atomic mass is 19.1. The van der Waals surface area contributed by atoms with Crippen molar-refractivity contribution in [1.29, 1.82) is 0 Å². The number of fused-ring (bicyclic) bond motifs is 3. The van der Waals surface area contributed by atoms with Crippen molar-refractivity contribution in [1.82, 2.24) is 0 Å². The summed E-state index contributed by atoms with van der Waals surface area (Å²) in [5.41, 5.74) is -0.257. The molecule has 0 heterocycles. The molecule has 0 radical (unpaired) electrons. The first-order chi connectivity index (χ1) is 14.8. The van der Waals surface area contributed by atoms with Crippen molar-refractivity contribution in [2.75, 3.05) is 35.5 Å². The number of hydrogen-bond acceptors (Lipinski definition) is 8. The molecule has 1 aliphatic rings. The van der Waals surface area contributed by atoms with E-state index in [1.807, 2.05) is 0 Å². The second kappa shape index (κ2) is 8.33. The highest BCUT2D eigenvalue weighted by Gasteiger charge is 2.51. The molecule has 2 aromatic rings. The number of ether oxygens (including phenoxy) is 5. The number of esters is 2. The highest BCUT2D eigenvalue weighted by molar-refractivity contribution is 6.02. The van der Waals surface area contributed by atoms with Crippen molar-refractivity contribution >= 4 is 11.9 Å². The van der Waals surface area contributed by atoms with Crippen LogP contribution in [0.3, 0.4) is 0 Å². The first-order valence-corrected chi connectivity index (χ1v) is 9.28. The van der Waals surface area contributed by atoms with E-state index in [-0.39, 0.29) is 24.3 Å². The monoisotopic (exact) mass is 434 g/mol. The third-order valence-corrected chi connectivity index (χ3v) is 5.49. The van der Waals surface area contributed by atoms with Gasteiger partial charge < -0.3 is 28.8 Å². The summed E-state index contributed by atoms with van der Waals surface area (Å²) in [6.45, 7) is 0. The number of rotatable bonds is 5. The van der Waals surface area contributed by atoms with Crippen LogP contribution >= 0.6 is 0 Å². The van der Waals surface area contributed by atoms with Crippen LogP contribution in [0.2, 0.25) is 0 Å². The third-order valence-electron chi connectivity index (χ3n) is 5.49. The second-order valence-corrected chi connectivity index (χ2v) is 7.06. The Balaban J connectivity index is 2.49. The Morgan fingerprint density at radius 2 is 1.45 bits per heavy atom. The number of phenolic OH excluding ortho intramolecular Hbond substituents is 1. The van der Waals surface area contributed by atoms with E-state index in [1.165, 1.54) is 27.4 Å². The summed E-state index contributed by atoms with van der Waals surface area (Å²) in [4.78, 5) is 25.8. The van der Waals surface area contributed by atoms with Gasteiger partial charge in [-0.1, -0.05) is 0 Å². The zero-order valence-electron chi connectivity index (χ0n) is 17.8. The number of carbonyl (C=O) groups excluding carboxylic acids is 2. The number of halogens is 1. The molecule has 1 aliphatic carbocycles. The summed E-state index contributed by atoms with van der Waals surface area (Å²) in [7, 11) is 6.59. The Morgan fingerprint density at radius 3 is 1.97 bits per heavy atom. The van der Waals surface area contributed by atoms with Crippen molar-refractivity contribution in [3.05, 3.63) is 35.1 Å². The maximum Gasteiger partial charge on any atom is 0.323 e. The Morgan fingerprint density at radius 1 is 0.871 bits per heavy atom. The molecule has 0 amide bonds. The van der Waals surface area contributed by atoms with E-state index in [0.29, 0.717) is 28.0 Å². The number of phenols is 1. The van der Waals surface area contributed by atoms with Crippen molar-refractivity contribution in [3.8, 4) is 34.1 Å². The molecule has 0 bridgehead atoms. The van der Waals surface area contributed by atoms with E-state index in [1.54, 1.807) is 6.07 Å². The zero-order chi connectivity index (χ0) is 22.9. The van der Waals surface area contributed by atoms with E-state index in [0.717, 1.165) is 20.3 Å². The van der Waals surface area contributed by atoms with E-state index in [4.69, 9.17) is 23.7 Å². The van der Waals surface area contributed by atoms with Crippen LogP contribution in [0, 0.1) is 11.2 Å². The molecular weight excluding hydrogens is 411 g/mol. The fraction of sp³-hybridized carbons (Fsp3) is 0.364. The van der Waals surface area contributed by atoms with Gasteiger partial charge in [-0.05, 0) is 34.9 Å². The predicted octanol–water partition coefficient (Wildman–Crippen LogP) is 2.66. The summed E-state index contributed by atoms with van der Waals surface area (Å²) < 4.78 is 40.7. The molecule has 0 atom stereocenters. The molecule has 1 N–H and O–H groups in total. The average molecular weight is 434 g/mol. The topological polar surface area (TPSA) is 101 Å². The molecule has 0 fully saturated rings. The van der Waals surface area contributed by atoms with E-state index < -0.39 is 28.9 Å². The minimum Gasteiger partial charge on any atom is -0.505 e. The lowest BCUT2D eigenvalue weighted by Crippen LogP contribution is -2.44. The van der Waals surface area contributed by atoms with E-state index in [2.05, 4.69) is 0 Å². The Kier molecular flexibility index (Phi) is 5.97. The summed E-state index contributed by atoms with van der Waals surface area (Å²) in [6.07, 6.45) is -0.340. The SMILES string of the molecule is COC(=O)C1(C(=O)OC)Cc2cc(O)c(F)cc2-c2c(cc(OC)c(OC)c2OC)C1. The van der Waals surface area contributed by atoms with Crippen LogP contribution < -0.4 is 14.2 Å². The summed E-state index contributed by atoms with van der Waals surface area (Å²) in [5, 5.41) is 10.0. The maximum atomic E-state index is 14.4. The molecule has 0 aromatic heterocycles. The third kappa shape index (κ3) is 3.39. The van der Waals surface area contributed by atoms with Gasteiger partial charge in [0.2, 0.25) is 5.75 Å². The summed E-state index contributed by atoms with van der Waals surface area (Å²) >= 11 is 0. The van der Waals surface area contributed by atoms with E-state index >= 15 is 0 Å². The fourth-order valence-corrected chi connectivity index (χ4v) is 4.10. The van der Waals surface area contributed by atoms with Gasteiger partial charge in [-0.25, -0.2) is 4.39 Å². The molecule has 3 rings (SSSR count). The Bertz CT molecular complexity index is 1030. The standard InChI is InChI=1S/C22H23FO8/c1-27-16-7-12-10-22(20(25)30-4,21(26)31-5)9-11-6-15(24)14(23)8-13(11)17(12)19(29-3)18(16)28-2/h6-8,24H,9-10H2,1-5H3. The van der Waals surface area contributed by atoms with Gasteiger partial charge >= 0.3 is 11.9 Å². The van der Waals surface area contributed by atoms with Crippen LogP contribution in [0.25, 0.3) is 11.1 Å². The molecule has 0 spiro atoms. The van der Waals surface area contributed by atoms with Crippen LogP contribution in [0.5, 0.6) is 23.0 Å². The maximum absolute atomic E-state index is 14.4. The minimum absolute atomic E-state index is 0.143. The van der Waals surface area contributed by atoms with Gasteiger partial charge in [0.15, 0.2) is 28.5 Å². The molecule has 0 saturated heterocycles. The lowest BCUT2D eigenvalue weighted by atomic mass is 9.77. The Hall–Kier alpha value is -3.49. The average Bonchev–Trinajstić information content (AvgIpc) is 2.91. The van der Waals surface area contributed by atoms with Gasteiger partial charge in [0.1, 0.15) is 0 Å². The minimum atomic E-state index is -1.78. The zero-order valence-corrected chi connectivity index (χ0v) is 17.8. The van der Waals surface area contributed by atoms with E-state index in [9.17, 15) is 19.1 Å². The number of aromatic hydroxyl groups is 1. The second-order valence-electron chi connectivity index (χ2n) is 7.06. The lowest BCUT2D eigenvalue weighted by Gasteiger charge is -2.27. The predicted molar refractivity (Wildman–Crippen MR) is 107 cm³/mol. The van der Waals surface area contributed by atoms with Crippen LogP contribution in [-0.2, 0) is 31.9 Å². The lowest BCUT2D eigenvalue weighted by molar-refractivity contribution is -0.169. The summed E-state index contributed by atoms with van der Waals surface area (Å²) in [5.74, 6) is -2.35. The molecule has 31 heavy (non-hydrogen) atoms. The molecule has 8 nitrogen and oxygen atoms in total. The molecule has 0 unspecified atom stereocenters. The van der Waals surface area contributed by atoms with Gasteiger partial charge in [0.05, 0.1) is 35.5 Å².